The minimum atomic E-state index is 0.129. The second-order valence-electron chi connectivity index (χ2n) is 7.89. The molecule has 2 atom stereocenters. The first-order valence-corrected chi connectivity index (χ1v) is 11.8. The quantitative estimate of drug-likeness (QED) is 0.326. The fraction of sp³-hybridized carbons (Fsp3) is 0.280. The van der Waals surface area contributed by atoms with Crippen LogP contribution in [-0.4, -0.2) is 44.2 Å². The molecule has 0 amide bonds. The van der Waals surface area contributed by atoms with E-state index in [1.165, 1.54) is 0 Å². The summed E-state index contributed by atoms with van der Waals surface area (Å²) >= 11 is 1.55. The fourth-order valence-corrected chi connectivity index (χ4v) is 4.23. The number of nitrogens with zero attached hydrogens (tertiary/aromatic N) is 5. The van der Waals surface area contributed by atoms with E-state index in [-0.39, 0.29) is 11.2 Å². The smallest absolute Gasteiger partial charge is 0.239 e. The summed E-state index contributed by atoms with van der Waals surface area (Å²) in [5.41, 5.74) is 2.69. The van der Waals surface area contributed by atoms with Crippen LogP contribution in [0.4, 0.5) is 5.95 Å². The van der Waals surface area contributed by atoms with Crippen LogP contribution in [0.25, 0.3) is 17.1 Å². The predicted octanol–water partition coefficient (Wildman–Crippen LogP) is 5.30. The Bertz CT molecular complexity index is 1210. The highest BCUT2D eigenvalue weighted by atomic mass is 32.2. The van der Waals surface area contributed by atoms with Crippen molar-refractivity contribution in [3.05, 3.63) is 72.3 Å². The summed E-state index contributed by atoms with van der Waals surface area (Å²) in [6.07, 6.45) is 3.70. The van der Waals surface area contributed by atoms with E-state index in [1.807, 2.05) is 72.4 Å². The number of nitrogens with one attached hydrogen (secondary N) is 1. The van der Waals surface area contributed by atoms with Gasteiger partial charge < -0.3 is 9.47 Å². The first-order chi connectivity index (χ1) is 16.5. The van der Waals surface area contributed by atoms with Crippen LogP contribution in [0.2, 0.25) is 0 Å². The van der Waals surface area contributed by atoms with Crippen LogP contribution < -0.4 is 14.2 Å². The van der Waals surface area contributed by atoms with Crippen molar-refractivity contribution in [2.45, 2.75) is 31.9 Å². The minimum Gasteiger partial charge on any atom is -0.494 e. The van der Waals surface area contributed by atoms with Crippen LogP contribution in [0, 0.1) is 6.92 Å². The number of aryl methyl sites for hydroxylation is 1. The standard InChI is InChI=1S/C25H28N6O2S/c1-16-14-26-23(27-15-16)17(2)18(3)34-30-25-29-28-24(19-10-7-6-8-11-19)31(25)22-20(32-4)12-9-13-21(22)33-5/h6-15,17-18H,1-5H3,(H,29,30). The minimum absolute atomic E-state index is 0.129. The lowest BCUT2D eigenvalue weighted by Gasteiger charge is -2.20. The molecule has 4 aromatic rings. The average molecular weight is 477 g/mol. The van der Waals surface area contributed by atoms with Crippen LogP contribution in [0.3, 0.4) is 0 Å². The predicted molar refractivity (Wildman–Crippen MR) is 136 cm³/mol. The number of rotatable bonds is 9. The normalized spacial score (nSPS) is 12.7. The lowest BCUT2D eigenvalue weighted by atomic mass is 10.1. The van der Waals surface area contributed by atoms with Gasteiger partial charge in [-0.15, -0.1) is 10.2 Å². The molecule has 1 N–H and O–H groups in total. The summed E-state index contributed by atoms with van der Waals surface area (Å²) < 4.78 is 16.7. The van der Waals surface area contributed by atoms with Crippen LogP contribution in [0.1, 0.15) is 31.2 Å². The monoisotopic (exact) mass is 476 g/mol. The van der Waals surface area contributed by atoms with Crippen molar-refractivity contribution in [3.63, 3.8) is 0 Å². The molecule has 0 aliphatic carbocycles. The van der Waals surface area contributed by atoms with Crippen molar-refractivity contribution in [1.29, 1.82) is 0 Å². The zero-order valence-electron chi connectivity index (χ0n) is 19.9. The Morgan fingerprint density at radius 2 is 1.53 bits per heavy atom. The second-order valence-corrected chi connectivity index (χ2v) is 9.08. The van der Waals surface area contributed by atoms with Gasteiger partial charge in [0.05, 0.1) is 14.2 Å². The van der Waals surface area contributed by atoms with E-state index in [0.29, 0.717) is 23.3 Å². The van der Waals surface area contributed by atoms with E-state index in [4.69, 9.17) is 9.47 Å². The van der Waals surface area contributed by atoms with Crippen molar-refractivity contribution in [2.24, 2.45) is 0 Å². The SMILES string of the molecule is COc1cccc(OC)c1-n1c(NSC(C)C(C)c2ncc(C)cn2)nnc1-c1ccccc1. The zero-order valence-corrected chi connectivity index (χ0v) is 20.7. The molecular formula is C25H28N6O2S. The topological polar surface area (TPSA) is 87.0 Å². The van der Waals surface area contributed by atoms with Gasteiger partial charge in [-0.25, -0.2) is 9.97 Å². The summed E-state index contributed by atoms with van der Waals surface area (Å²) in [4.78, 5) is 8.98. The van der Waals surface area contributed by atoms with Crippen molar-refractivity contribution < 1.29 is 9.47 Å². The summed E-state index contributed by atoms with van der Waals surface area (Å²) in [5, 5.41) is 9.14. The third-order valence-corrected chi connectivity index (χ3v) is 6.65. The van der Waals surface area contributed by atoms with Gasteiger partial charge in [-0.05, 0) is 36.6 Å². The molecule has 2 heterocycles. The van der Waals surface area contributed by atoms with Crippen LogP contribution in [0.5, 0.6) is 11.5 Å². The number of hydrogen-bond acceptors (Lipinski definition) is 8. The fourth-order valence-electron chi connectivity index (χ4n) is 3.48. The Labute approximate surface area is 203 Å². The summed E-state index contributed by atoms with van der Waals surface area (Å²) in [6, 6.07) is 15.6. The third kappa shape index (κ3) is 4.84. The molecule has 0 spiro atoms. The molecule has 4 rings (SSSR count). The molecule has 0 saturated heterocycles. The van der Waals surface area contributed by atoms with Gasteiger partial charge in [-0.2, -0.15) is 0 Å². The largest absolute Gasteiger partial charge is 0.494 e. The number of ether oxygens (including phenoxy) is 2. The number of methoxy groups -OCH3 is 2. The van der Waals surface area contributed by atoms with Crippen LogP contribution >= 0.6 is 11.9 Å². The highest BCUT2D eigenvalue weighted by molar-refractivity contribution is 8.01. The number of anilines is 1. The summed E-state index contributed by atoms with van der Waals surface area (Å²) in [5.74, 6) is 3.48. The first-order valence-electron chi connectivity index (χ1n) is 11.0. The molecule has 2 aromatic carbocycles. The van der Waals surface area contributed by atoms with Gasteiger partial charge in [0.1, 0.15) is 23.0 Å². The number of benzene rings is 2. The maximum Gasteiger partial charge on any atom is 0.239 e. The van der Waals surface area contributed by atoms with Crippen LogP contribution in [-0.2, 0) is 0 Å². The molecule has 0 bridgehead atoms. The summed E-state index contributed by atoms with van der Waals surface area (Å²) in [7, 11) is 3.27. The molecule has 2 unspecified atom stereocenters. The maximum absolute atomic E-state index is 5.68. The maximum atomic E-state index is 5.68. The number of para-hydroxylation sites is 1. The van der Waals surface area contributed by atoms with Gasteiger partial charge in [0.2, 0.25) is 5.95 Å². The molecular weight excluding hydrogens is 448 g/mol. The molecule has 0 saturated carbocycles. The highest BCUT2D eigenvalue weighted by Gasteiger charge is 2.24. The van der Waals surface area contributed by atoms with Crippen molar-refractivity contribution in [2.75, 3.05) is 18.9 Å². The van der Waals surface area contributed by atoms with E-state index < -0.39 is 0 Å². The lowest BCUT2D eigenvalue weighted by molar-refractivity contribution is 0.391. The van der Waals surface area contributed by atoms with E-state index in [1.54, 1.807) is 26.2 Å². The molecule has 0 fully saturated rings. The van der Waals surface area contributed by atoms with E-state index in [2.05, 4.69) is 38.7 Å². The number of aromatic nitrogens is 5. The molecule has 176 valence electrons. The summed E-state index contributed by atoms with van der Waals surface area (Å²) in [6.45, 7) is 6.24. The molecule has 0 aliphatic heterocycles. The number of hydrogen-bond donors (Lipinski definition) is 1. The van der Waals surface area contributed by atoms with Crippen molar-refractivity contribution in [3.8, 4) is 28.6 Å². The van der Waals surface area contributed by atoms with Gasteiger partial charge in [-0.1, -0.05) is 50.2 Å². The second kappa shape index (κ2) is 10.6. The zero-order chi connectivity index (χ0) is 24.1. The molecule has 0 aliphatic rings. The van der Waals surface area contributed by atoms with Crippen molar-refractivity contribution in [1.82, 2.24) is 24.7 Å². The van der Waals surface area contributed by atoms with Gasteiger partial charge in [0.25, 0.3) is 0 Å². The van der Waals surface area contributed by atoms with Crippen LogP contribution in [0.15, 0.2) is 60.9 Å². The van der Waals surface area contributed by atoms with Gasteiger partial charge >= 0.3 is 0 Å². The third-order valence-electron chi connectivity index (χ3n) is 5.57. The van der Waals surface area contributed by atoms with Gasteiger partial charge in [0.15, 0.2) is 5.82 Å². The molecule has 8 nitrogen and oxygen atoms in total. The first kappa shape index (κ1) is 23.6. The van der Waals surface area contributed by atoms with Crippen molar-refractivity contribution >= 4 is 17.9 Å². The molecule has 2 aromatic heterocycles. The van der Waals surface area contributed by atoms with Gasteiger partial charge in [0, 0.05) is 29.1 Å². The molecule has 34 heavy (non-hydrogen) atoms. The molecule has 9 heteroatoms. The average Bonchev–Trinajstić information content (AvgIpc) is 3.30. The Hall–Kier alpha value is -3.59. The Balaban J connectivity index is 1.70. The molecule has 0 radical (unpaired) electrons. The van der Waals surface area contributed by atoms with E-state index >= 15 is 0 Å². The Morgan fingerprint density at radius 1 is 0.882 bits per heavy atom. The highest BCUT2D eigenvalue weighted by Crippen LogP contribution is 2.38. The Kier molecular flexibility index (Phi) is 7.32. The van der Waals surface area contributed by atoms with E-state index in [9.17, 15) is 0 Å². The van der Waals surface area contributed by atoms with Gasteiger partial charge in [-0.3, -0.25) is 9.29 Å². The lowest BCUT2D eigenvalue weighted by Crippen LogP contribution is -2.15. The van der Waals surface area contributed by atoms with E-state index in [0.717, 1.165) is 22.6 Å². The Morgan fingerprint density at radius 3 is 2.15 bits per heavy atom.